The van der Waals surface area contributed by atoms with Gasteiger partial charge in [-0.3, -0.25) is 0 Å². The first-order valence-corrected chi connectivity index (χ1v) is 4.19. The molecule has 0 fully saturated rings. The molecule has 0 amide bonds. The van der Waals surface area contributed by atoms with Crippen LogP contribution in [0.1, 0.15) is 26.2 Å². The Labute approximate surface area is 68.5 Å². The van der Waals surface area contributed by atoms with Gasteiger partial charge in [0.2, 0.25) is 0 Å². The van der Waals surface area contributed by atoms with E-state index in [0.29, 0.717) is 5.03 Å². The zero-order chi connectivity index (χ0) is 7.82. The monoisotopic (exact) mass is 161 g/mol. The summed E-state index contributed by atoms with van der Waals surface area (Å²) in [4.78, 5) is 0. The first kappa shape index (κ1) is 9.99. The van der Waals surface area contributed by atoms with Crippen LogP contribution in [0.5, 0.6) is 0 Å². The molecule has 1 N–H and O–H groups in total. The van der Waals surface area contributed by atoms with Gasteiger partial charge in [-0.2, -0.15) is 0 Å². The fraction of sp³-hybridized carbons (Fsp3) is 0.750. The van der Waals surface area contributed by atoms with Gasteiger partial charge in [0, 0.05) is 11.6 Å². The molecule has 2 heteroatoms. The summed E-state index contributed by atoms with van der Waals surface area (Å²) in [5.74, 6) is 0. The summed E-state index contributed by atoms with van der Waals surface area (Å²) in [6, 6.07) is 0. The van der Waals surface area contributed by atoms with Gasteiger partial charge in [-0.1, -0.05) is 37.9 Å². The van der Waals surface area contributed by atoms with Crippen LogP contribution in [0, 0.1) is 0 Å². The van der Waals surface area contributed by atoms with Crippen molar-refractivity contribution in [3.8, 4) is 0 Å². The van der Waals surface area contributed by atoms with Gasteiger partial charge < -0.3 is 5.32 Å². The molecule has 0 aromatic carbocycles. The Bertz CT molecular complexity index is 91.3. The van der Waals surface area contributed by atoms with Gasteiger partial charge in [-0.25, -0.2) is 0 Å². The lowest BCUT2D eigenvalue weighted by Crippen LogP contribution is -2.16. The van der Waals surface area contributed by atoms with E-state index in [1.54, 1.807) is 0 Å². The van der Waals surface area contributed by atoms with Gasteiger partial charge in [-0.15, -0.1) is 0 Å². The molecule has 1 nitrogen and oxygen atoms in total. The molecule has 0 aliphatic heterocycles. The van der Waals surface area contributed by atoms with Crippen LogP contribution in [-0.2, 0) is 0 Å². The molecule has 0 unspecified atom stereocenters. The second-order valence-corrected chi connectivity index (χ2v) is 2.94. The first-order chi connectivity index (χ1) is 4.77. The Morgan fingerprint density at radius 2 is 2.20 bits per heavy atom. The number of hydrogen-bond acceptors (Lipinski definition) is 1. The first-order valence-electron chi connectivity index (χ1n) is 3.81. The van der Waals surface area contributed by atoms with Crippen molar-refractivity contribution in [2.45, 2.75) is 26.2 Å². The Morgan fingerprint density at radius 1 is 1.50 bits per heavy atom. The maximum atomic E-state index is 5.53. The van der Waals surface area contributed by atoms with Crippen molar-refractivity contribution in [3.05, 3.63) is 11.6 Å². The number of rotatable bonds is 6. The lowest BCUT2D eigenvalue weighted by Gasteiger charge is -2.00. The van der Waals surface area contributed by atoms with Gasteiger partial charge >= 0.3 is 0 Å². The predicted octanol–water partition coefficient (Wildman–Crippen LogP) is 2.52. The zero-order valence-electron chi connectivity index (χ0n) is 6.62. The molecule has 0 aromatic rings. The molecule has 0 aliphatic carbocycles. The molecule has 0 radical (unpaired) electrons. The van der Waals surface area contributed by atoms with Gasteiger partial charge in [0.25, 0.3) is 0 Å². The topological polar surface area (TPSA) is 12.0 Å². The Hall–Kier alpha value is -0.0100. The van der Waals surface area contributed by atoms with E-state index in [1.165, 1.54) is 19.3 Å². The van der Waals surface area contributed by atoms with E-state index >= 15 is 0 Å². The molecular weight excluding hydrogens is 146 g/mol. The maximum Gasteiger partial charge on any atom is 0.0307 e. The summed E-state index contributed by atoms with van der Waals surface area (Å²) in [6.07, 6.45) is 3.80. The fourth-order valence-electron chi connectivity index (χ4n) is 0.724. The largest absolute Gasteiger partial charge is 0.312 e. The summed E-state index contributed by atoms with van der Waals surface area (Å²) in [5.41, 5.74) is 0. The second kappa shape index (κ2) is 7.10. The Balaban J connectivity index is 2.84. The standard InChI is InChI=1S/C8H16ClN/c1-3-4-5-6-10-7-8(2)9/h10H,2-7H2,1H3. The molecule has 0 bridgehead atoms. The third-order valence-electron chi connectivity index (χ3n) is 1.27. The third-order valence-corrected chi connectivity index (χ3v) is 1.41. The van der Waals surface area contributed by atoms with E-state index in [9.17, 15) is 0 Å². The van der Waals surface area contributed by atoms with Crippen molar-refractivity contribution in [1.29, 1.82) is 0 Å². The van der Waals surface area contributed by atoms with Crippen molar-refractivity contribution in [2.75, 3.05) is 13.1 Å². The van der Waals surface area contributed by atoms with Crippen molar-refractivity contribution >= 4 is 11.6 Å². The van der Waals surface area contributed by atoms with Crippen LogP contribution >= 0.6 is 11.6 Å². The van der Waals surface area contributed by atoms with Crippen LogP contribution in [0.15, 0.2) is 11.6 Å². The van der Waals surface area contributed by atoms with Crippen molar-refractivity contribution in [1.82, 2.24) is 5.32 Å². The average Bonchev–Trinajstić information content (AvgIpc) is 1.87. The van der Waals surface area contributed by atoms with Crippen molar-refractivity contribution in [3.63, 3.8) is 0 Å². The van der Waals surface area contributed by atoms with Gasteiger partial charge in [0.1, 0.15) is 0 Å². The van der Waals surface area contributed by atoms with Crippen LogP contribution in [0.25, 0.3) is 0 Å². The zero-order valence-corrected chi connectivity index (χ0v) is 7.38. The average molecular weight is 162 g/mol. The number of hydrogen-bond donors (Lipinski definition) is 1. The van der Waals surface area contributed by atoms with E-state index in [-0.39, 0.29) is 0 Å². The molecule has 0 aromatic heterocycles. The Kier molecular flexibility index (Phi) is 7.09. The highest BCUT2D eigenvalue weighted by atomic mass is 35.5. The van der Waals surface area contributed by atoms with Crippen LogP contribution in [0.4, 0.5) is 0 Å². The van der Waals surface area contributed by atoms with Gasteiger partial charge in [0.15, 0.2) is 0 Å². The molecule has 0 rings (SSSR count). The Morgan fingerprint density at radius 3 is 2.70 bits per heavy atom. The summed E-state index contributed by atoms with van der Waals surface area (Å²) in [5, 5.41) is 3.88. The lowest BCUT2D eigenvalue weighted by atomic mass is 10.2. The normalized spacial score (nSPS) is 9.80. The maximum absolute atomic E-state index is 5.53. The summed E-state index contributed by atoms with van der Waals surface area (Å²) in [7, 11) is 0. The molecule has 0 aliphatic rings. The summed E-state index contributed by atoms with van der Waals surface area (Å²) >= 11 is 5.53. The SMILES string of the molecule is C=C(Cl)CNCCCCC. The van der Waals surface area contributed by atoms with E-state index < -0.39 is 0 Å². The van der Waals surface area contributed by atoms with Crippen molar-refractivity contribution < 1.29 is 0 Å². The molecule has 0 atom stereocenters. The number of nitrogens with one attached hydrogen (secondary N) is 1. The van der Waals surface area contributed by atoms with E-state index in [1.807, 2.05) is 0 Å². The molecule has 0 spiro atoms. The molecular formula is C8H16ClN. The van der Waals surface area contributed by atoms with Crippen LogP contribution in [-0.4, -0.2) is 13.1 Å². The summed E-state index contributed by atoms with van der Waals surface area (Å²) < 4.78 is 0. The minimum atomic E-state index is 0.691. The van der Waals surface area contributed by atoms with E-state index in [0.717, 1.165) is 13.1 Å². The highest BCUT2D eigenvalue weighted by Crippen LogP contribution is 1.94. The summed E-state index contributed by atoms with van der Waals surface area (Å²) in [6.45, 7) is 7.57. The molecule has 0 saturated carbocycles. The molecule has 0 heterocycles. The smallest absolute Gasteiger partial charge is 0.0307 e. The van der Waals surface area contributed by atoms with Crippen LogP contribution in [0.2, 0.25) is 0 Å². The molecule has 60 valence electrons. The number of unbranched alkanes of at least 4 members (excludes halogenated alkanes) is 2. The van der Waals surface area contributed by atoms with E-state index in [2.05, 4.69) is 18.8 Å². The van der Waals surface area contributed by atoms with E-state index in [4.69, 9.17) is 11.6 Å². The highest BCUT2D eigenvalue weighted by Gasteiger charge is 1.87. The van der Waals surface area contributed by atoms with Crippen LogP contribution in [0.3, 0.4) is 0 Å². The predicted molar refractivity (Wildman–Crippen MR) is 47.4 cm³/mol. The fourth-order valence-corrected chi connectivity index (χ4v) is 0.819. The minimum absolute atomic E-state index is 0.691. The van der Waals surface area contributed by atoms with Crippen LogP contribution < -0.4 is 5.32 Å². The highest BCUT2D eigenvalue weighted by molar-refractivity contribution is 6.29. The molecule has 10 heavy (non-hydrogen) atoms. The van der Waals surface area contributed by atoms with Crippen molar-refractivity contribution in [2.24, 2.45) is 0 Å². The lowest BCUT2D eigenvalue weighted by molar-refractivity contribution is 0.645. The third kappa shape index (κ3) is 7.99. The number of halogens is 1. The quantitative estimate of drug-likeness (QED) is 0.591. The minimum Gasteiger partial charge on any atom is -0.312 e. The second-order valence-electron chi connectivity index (χ2n) is 2.40. The van der Waals surface area contributed by atoms with Gasteiger partial charge in [-0.05, 0) is 13.0 Å². The molecule has 0 saturated heterocycles. The van der Waals surface area contributed by atoms with Gasteiger partial charge in [0.05, 0.1) is 0 Å².